The van der Waals surface area contributed by atoms with Crippen LogP contribution in [-0.4, -0.2) is 0 Å². The van der Waals surface area contributed by atoms with Gasteiger partial charge in [-0.2, -0.15) is 0 Å². The fraction of sp³-hybridized carbons (Fsp3) is 0. The van der Waals surface area contributed by atoms with Gasteiger partial charge in [-0.1, -0.05) is 182 Å². The minimum absolute atomic E-state index is 1.07. The quantitative estimate of drug-likeness (QED) is 0.0901. The Hall–Kier alpha value is -10.8. The molecule has 0 spiro atoms. The zero-order chi connectivity index (χ0) is 57.4. The van der Waals surface area contributed by atoms with Gasteiger partial charge in [0.15, 0.2) is 0 Å². The molecule has 2 heterocycles. The average molecular weight is 1140 g/mol. The Labute approximate surface area is 511 Å². The van der Waals surface area contributed by atoms with Crippen LogP contribution < -0.4 is 19.6 Å². The molecule has 0 aliphatic carbocycles. The highest BCUT2D eigenvalue weighted by atomic mass is 32.1. The number of benzene rings is 12. The van der Waals surface area contributed by atoms with Crippen LogP contribution >= 0.6 is 22.7 Å². The molecule has 14 aromatic rings. The molecule has 6 heteroatoms. The van der Waals surface area contributed by atoms with Crippen LogP contribution in [0.1, 0.15) is 0 Å². The predicted octanol–water partition coefficient (Wildman–Crippen LogP) is 24.0. The summed E-state index contributed by atoms with van der Waals surface area (Å²) in [5.41, 5.74) is 20.1. The topological polar surface area (TPSA) is 13.0 Å². The Morgan fingerprint density at radius 3 is 0.488 bits per heavy atom. The van der Waals surface area contributed by atoms with Gasteiger partial charge in [0.05, 0.1) is 0 Å². The standard InChI is InChI=1S/C80H58N4S2/c1-7-19-61(20-8-1)77-55-57-79(85-77)63-35-43-71(44-36-63)83(67-27-15-5-16-28-67)75-51-47-73(48-52-75)81(65-23-11-3-12-24-65)69-39-31-59(32-40-69)60-33-41-70(42-34-60)82(66-25-13-4-14-26-66)74-49-53-76(54-50-74)84(68-29-17-6-18-30-68)72-45-37-64(38-46-72)80-58-56-78(86-80)62-21-9-2-10-22-62/h1-58H. The van der Waals surface area contributed by atoms with Crippen LogP contribution in [0, 0.1) is 0 Å². The number of thiophene rings is 2. The Morgan fingerprint density at radius 1 is 0.128 bits per heavy atom. The molecule has 0 bridgehead atoms. The molecule has 86 heavy (non-hydrogen) atoms. The molecule has 4 nitrogen and oxygen atoms in total. The van der Waals surface area contributed by atoms with Gasteiger partial charge in [-0.05, 0) is 203 Å². The molecule has 0 unspecified atom stereocenters. The first kappa shape index (κ1) is 53.3. The Morgan fingerprint density at radius 2 is 0.279 bits per heavy atom. The largest absolute Gasteiger partial charge is 0.311 e. The summed E-state index contributed by atoms with van der Waals surface area (Å²) in [5, 5.41) is 0. The average Bonchev–Trinajstić information content (AvgIpc) is 3.51. The third-order valence-corrected chi connectivity index (χ3v) is 17.9. The molecule has 0 saturated carbocycles. The van der Waals surface area contributed by atoms with Gasteiger partial charge in [-0.15, -0.1) is 22.7 Å². The molecule has 0 atom stereocenters. The Kier molecular flexibility index (Phi) is 15.2. The van der Waals surface area contributed by atoms with E-state index < -0.39 is 0 Å². The summed E-state index contributed by atoms with van der Waals surface area (Å²) in [5.74, 6) is 0. The summed E-state index contributed by atoms with van der Waals surface area (Å²) in [4.78, 5) is 14.3. The molecule has 0 aliphatic heterocycles. The summed E-state index contributed by atoms with van der Waals surface area (Å²) in [7, 11) is 0. The van der Waals surface area contributed by atoms with Gasteiger partial charge >= 0.3 is 0 Å². The molecule has 0 N–H and O–H groups in total. The van der Waals surface area contributed by atoms with Crippen LogP contribution in [0.5, 0.6) is 0 Å². The molecule has 0 saturated heterocycles. The van der Waals surface area contributed by atoms with Gasteiger partial charge in [-0.3, -0.25) is 0 Å². The second-order valence-electron chi connectivity index (χ2n) is 21.0. The summed E-state index contributed by atoms with van der Waals surface area (Å²) < 4.78 is 0. The zero-order valence-electron chi connectivity index (χ0n) is 47.1. The first-order valence-electron chi connectivity index (χ1n) is 29.0. The van der Waals surface area contributed by atoms with E-state index in [-0.39, 0.29) is 0 Å². The van der Waals surface area contributed by atoms with Gasteiger partial charge in [0.1, 0.15) is 0 Å². The first-order chi connectivity index (χ1) is 42.6. The van der Waals surface area contributed by atoms with Crippen molar-refractivity contribution in [3.8, 4) is 52.9 Å². The fourth-order valence-electron chi connectivity index (χ4n) is 11.3. The van der Waals surface area contributed by atoms with E-state index in [9.17, 15) is 0 Å². The van der Waals surface area contributed by atoms with E-state index in [2.05, 4.69) is 371 Å². The van der Waals surface area contributed by atoms with Crippen LogP contribution in [0.2, 0.25) is 0 Å². The van der Waals surface area contributed by atoms with E-state index >= 15 is 0 Å². The molecule has 0 radical (unpaired) electrons. The Bertz CT molecular complexity index is 4150. The third-order valence-electron chi connectivity index (χ3n) is 15.5. The molecule has 12 aromatic carbocycles. The highest BCUT2D eigenvalue weighted by Crippen LogP contribution is 2.44. The van der Waals surface area contributed by atoms with Gasteiger partial charge in [0.25, 0.3) is 0 Å². The zero-order valence-corrected chi connectivity index (χ0v) is 48.7. The highest BCUT2D eigenvalue weighted by Gasteiger charge is 2.20. The smallest absolute Gasteiger partial charge is 0.0463 e. The lowest BCUT2D eigenvalue weighted by molar-refractivity contribution is 1.25. The maximum atomic E-state index is 2.33. The minimum Gasteiger partial charge on any atom is -0.311 e. The lowest BCUT2D eigenvalue weighted by atomic mass is 10.0. The Balaban J connectivity index is 0.714. The molecule has 0 aliphatic rings. The summed E-state index contributed by atoms with van der Waals surface area (Å²) in [6, 6.07) is 126. The van der Waals surface area contributed by atoms with Crippen molar-refractivity contribution in [3.05, 3.63) is 352 Å². The summed E-state index contributed by atoms with van der Waals surface area (Å²) >= 11 is 3.65. The van der Waals surface area contributed by atoms with Crippen LogP contribution in [-0.2, 0) is 0 Å². The van der Waals surface area contributed by atoms with Crippen LogP contribution in [0.25, 0.3) is 52.9 Å². The number of rotatable bonds is 17. The van der Waals surface area contributed by atoms with Crippen molar-refractivity contribution >= 4 is 90.9 Å². The number of anilines is 12. The number of para-hydroxylation sites is 4. The summed E-state index contributed by atoms with van der Waals surface area (Å²) in [6.45, 7) is 0. The van der Waals surface area contributed by atoms with Crippen molar-refractivity contribution in [1.82, 2.24) is 0 Å². The first-order valence-corrected chi connectivity index (χ1v) is 30.6. The minimum atomic E-state index is 1.07. The van der Waals surface area contributed by atoms with Gasteiger partial charge < -0.3 is 19.6 Å². The number of hydrogen-bond donors (Lipinski definition) is 0. The van der Waals surface area contributed by atoms with E-state index in [4.69, 9.17) is 0 Å². The number of nitrogens with zero attached hydrogens (tertiary/aromatic N) is 4. The van der Waals surface area contributed by atoms with Crippen molar-refractivity contribution in [2.45, 2.75) is 0 Å². The van der Waals surface area contributed by atoms with E-state index in [1.807, 2.05) is 22.7 Å². The van der Waals surface area contributed by atoms with E-state index in [1.165, 1.54) is 41.8 Å². The van der Waals surface area contributed by atoms with Crippen molar-refractivity contribution in [1.29, 1.82) is 0 Å². The maximum Gasteiger partial charge on any atom is 0.0463 e. The molecule has 14 rings (SSSR count). The van der Waals surface area contributed by atoms with Crippen LogP contribution in [0.4, 0.5) is 68.2 Å². The molecule has 0 amide bonds. The lowest BCUT2D eigenvalue weighted by Gasteiger charge is -2.28. The monoisotopic (exact) mass is 1140 g/mol. The molecule has 410 valence electrons. The predicted molar refractivity (Wildman–Crippen MR) is 368 cm³/mol. The third kappa shape index (κ3) is 11.4. The van der Waals surface area contributed by atoms with E-state index in [0.29, 0.717) is 0 Å². The molecular formula is C80H58N4S2. The van der Waals surface area contributed by atoms with Crippen molar-refractivity contribution in [2.24, 2.45) is 0 Å². The number of hydrogen-bond acceptors (Lipinski definition) is 6. The lowest BCUT2D eigenvalue weighted by Crippen LogP contribution is -2.12. The molecule has 0 fully saturated rings. The van der Waals surface area contributed by atoms with E-state index in [1.54, 1.807) is 0 Å². The normalized spacial score (nSPS) is 11.0. The highest BCUT2D eigenvalue weighted by molar-refractivity contribution is 7.19. The van der Waals surface area contributed by atoms with Crippen LogP contribution in [0.15, 0.2) is 352 Å². The maximum absolute atomic E-state index is 2.33. The fourth-order valence-corrected chi connectivity index (χ4v) is 13.3. The van der Waals surface area contributed by atoms with Gasteiger partial charge in [0.2, 0.25) is 0 Å². The van der Waals surface area contributed by atoms with Gasteiger partial charge in [-0.25, -0.2) is 0 Å². The van der Waals surface area contributed by atoms with Crippen molar-refractivity contribution in [3.63, 3.8) is 0 Å². The molecule has 2 aromatic heterocycles. The SMILES string of the molecule is c1ccc(-c2ccc(-c3ccc(N(c4ccccc4)c4ccc(N(c5ccccc5)c5ccc(-c6ccc(N(c7ccccc7)c7ccc(N(c8ccccc8)c8ccc(-c9ccc(-c%10ccccc%10)s9)cc8)cc7)cc6)cc5)cc4)cc3)s2)cc1. The second-order valence-corrected chi connectivity index (χ2v) is 23.1. The van der Waals surface area contributed by atoms with Crippen molar-refractivity contribution < 1.29 is 0 Å². The van der Waals surface area contributed by atoms with Crippen LogP contribution in [0.3, 0.4) is 0 Å². The second kappa shape index (κ2) is 24.6. The van der Waals surface area contributed by atoms with Gasteiger partial charge in [0, 0.05) is 87.8 Å². The van der Waals surface area contributed by atoms with E-state index in [0.717, 1.165) is 79.4 Å². The summed E-state index contributed by atoms with van der Waals surface area (Å²) in [6.07, 6.45) is 0. The van der Waals surface area contributed by atoms with Crippen molar-refractivity contribution in [2.75, 3.05) is 19.6 Å². The molecular weight excluding hydrogens is 1080 g/mol.